The number of esters is 2. The molecule has 0 aliphatic heterocycles. The summed E-state index contributed by atoms with van der Waals surface area (Å²) in [5.41, 5.74) is 0. The second kappa shape index (κ2) is 34.1. The Labute approximate surface area is 287 Å². The van der Waals surface area contributed by atoms with Crippen molar-refractivity contribution >= 4 is 19.8 Å². The molecule has 0 aromatic heterocycles. The van der Waals surface area contributed by atoms with Gasteiger partial charge < -0.3 is 19.3 Å². The zero-order chi connectivity index (χ0) is 34.7. The molecule has 0 heterocycles. The Morgan fingerprint density at radius 3 is 1.47 bits per heavy atom. The molecule has 0 aromatic rings. The van der Waals surface area contributed by atoms with E-state index in [-0.39, 0.29) is 19.4 Å². The predicted octanol–water partition coefficient (Wildman–Crippen LogP) is 11.0. The van der Waals surface area contributed by atoms with E-state index < -0.39 is 32.5 Å². The number of phosphoric ester groups is 1. The molecule has 0 bridgehead atoms. The number of ether oxygens (including phenoxy) is 2. The third kappa shape index (κ3) is 36.9. The van der Waals surface area contributed by atoms with E-state index in [1.54, 1.807) is 0 Å². The number of carbonyl (C=O) groups excluding carboxylic acids is 2. The van der Waals surface area contributed by atoms with Crippen LogP contribution in [0.4, 0.5) is 0 Å². The van der Waals surface area contributed by atoms with Crippen molar-refractivity contribution in [3.8, 4) is 0 Å². The molecule has 0 spiro atoms. The van der Waals surface area contributed by atoms with Crippen LogP contribution in [-0.4, -0.2) is 41.0 Å². The van der Waals surface area contributed by atoms with Gasteiger partial charge in [0, 0.05) is 12.8 Å². The van der Waals surface area contributed by atoms with E-state index >= 15 is 0 Å². The lowest BCUT2D eigenvalue weighted by Crippen LogP contribution is -2.29. The number of carbonyl (C=O) groups is 2. The Hall–Kier alpha value is -1.73. The molecule has 0 aliphatic rings. The minimum Gasteiger partial charge on any atom is -0.462 e. The fourth-order valence-corrected chi connectivity index (χ4v) is 5.45. The van der Waals surface area contributed by atoms with E-state index in [1.807, 2.05) is 0 Å². The molecule has 0 unspecified atom stereocenters. The number of rotatable bonds is 34. The highest BCUT2D eigenvalue weighted by Gasteiger charge is 2.22. The summed E-state index contributed by atoms with van der Waals surface area (Å²) < 4.78 is 26.3. The van der Waals surface area contributed by atoms with Crippen LogP contribution in [0.2, 0.25) is 0 Å². The van der Waals surface area contributed by atoms with Crippen LogP contribution < -0.4 is 0 Å². The first-order valence-corrected chi connectivity index (χ1v) is 20.3. The van der Waals surface area contributed by atoms with Crippen LogP contribution >= 0.6 is 7.82 Å². The van der Waals surface area contributed by atoms with E-state index in [0.29, 0.717) is 6.42 Å². The highest BCUT2D eigenvalue weighted by molar-refractivity contribution is 7.46. The molecule has 1 atom stereocenters. The maximum Gasteiger partial charge on any atom is 0.469 e. The average Bonchev–Trinajstić information content (AvgIpc) is 3.04. The lowest BCUT2D eigenvalue weighted by molar-refractivity contribution is -0.161. The smallest absolute Gasteiger partial charge is 0.462 e. The number of hydrogen-bond acceptors (Lipinski definition) is 6. The van der Waals surface area contributed by atoms with Crippen molar-refractivity contribution in [2.45, 2.75) is 180 Å². The summed E-state index contributed by atoms with van der Waals surface area (Å²) in [6.07, 6.45) is 38.6. The first-order valence-electron chi connectivity index (χ1n) is 18.8. The van der Waals surface area contributed by atoms with Gasteiger partial charge in [-0.25, -0.2) is 4.57 Å². The summed E-state index contributed by atoms with van der Waals surface area (Å²) in [5, 5.41) is 0. The molecule has 47 heavy (non-hydrogen) atoms. The van der Waals surface area contributed by atoms with E-state index in [1.165, 1.54) is 83.5 Å². The molecule has 0 radical (unpaired) electrons. The molecule has 8 nitrogen and oxygen atoms in total. The SMILES string of the molecule is CCCCC/C=C/C/C=C/C/C=C/CCCCCCC(=O)O[C@H](COC(=O)CCCCCCCCCCCCCC)COP(=O)(O)O. The van der Waals surface area contributed by atoms with Crippen molar-refractivity contribution in [2.75, 3.05) is 13.2 Å². The maximum absolute atomic E-state index is 12.3. The van der Waals surface area contributed by atoms with Gasteiger partial charge in [-0.05, 0) is 51.4 Å². The lowest BCUT2D eigenvalue weighted by Gasteiger charge is -2.18. The van der Waals surface area contributed by atoms with Crippen molar-refractivity contribution in [1.29, 1.82) is 0 Å². The summed E-state index contributed by atoms with van der Waals surface area (Å²) in [4.78, 5) is 42.6. The summed E-state index contributed by atoms with van der Waals surface area (Å²) in [6.45, 7) is 3.62. The number of allylic oxidation sites excluding steroid dienone is 6. The van der Waals surface area contributed by atoms with Gasteiger partial charge in [0.05, 0.1) is 6.61 Å². The zero-order valence-electron chi connectivity index (χ0n) is 29.9. The van der Waals surface area contributed by atoms with E-state index in [2.05, 4.69) is 54.8 Å². The van der Waals surface area contributed by atoms with E-state index in [4.69, 9.17) is 19.3 Å². The Morgan fingerprint density at radius 1 is 0.553 bits per heavy atom. The van der Waals surface area contributed by atoms with Gasteiger partial charge in [0.25, 0.3) is 0 Å². The molecule has 0 amide bonds. The van der Waals surface area contributed by atoms with Gasteiger partial charge >= 0.3 is 19.8 Å². The van der Waals surface area contributed by atoms with Crippen LogP contribution in [0.15, 0.2) is 36.5 Å². The second-order valence-electron chi connectivity index (χ2n) is 12.6. The standard InChI is InChI=1S/C38H69O8P/c1-3-5-7-9-11-13-15-17-18-19-20-21-23-25-27-29-31-33-38(40)46-36(35-45-47(41,42)43)34-44-37(39)32-30-28-26-24-22-16-14-12-10-8-6-4-2/h11,13,17-18,20-21,36H,3-10,12,14-16,19,22-35H2,1-2H3,(H2,41,42,43)/b13-11+,18-17+,21-20+/t36-/m1/s1. The molecule has 0 rings (SSSR count). The van der Waals surface area contributed by atoms with Gasteiger partial charge in [-0.2, -0.15) is 0 Å². The van der Waals surface area contributed by atoms with Crippen molar-refractivity contribution < 1.29 is 37.9 Å². The minimum atomic E-state index is -4.75. The summed E-state index contributed by atoms with van der Waals surface area (Å²) >= 11 is 0. The monoisotopic (exact) mass is 684 g/mol. The molecule has 9 heteroatoms. The van der Waals surface area contributed by atoms with Crippen LogP contribution in [0.5, 0.6) is 0 Å². The molecule has 0 saturated heterocycles. The first-order chi connectivity index (χ1) is 22.8. The molecule has 0 fully saturated rings. The van der Waals surface area contributed by atoms with Crippen LogP contribution in [0, 0.1) is 0 Å². The first kappa shape index (κ1) is 45.3. The van der Waals surface area contributed by atoms with Crippen LogP contribution in [0.25, 0.3) is 0 Å². The Balaban J connectivity index is 4.02. The molecule has 0 aliphatic carbocycles. The van der Waals surface area contributed by atoms with Crippen molar-refractivity contribution in [3.05, 3.63) is 36.5 Å². The Bertz CT molecular complexity index is 864. The number of phosphoric acid groups is 1. The Morgan fingerprint density at radius 2 is 0.957 bits per heavy atom. The fraction of sp³-hybridized carbons (Fsp3) is 0.789. The third-order valence-electron chi connectivity index (χ3n) is 7.91. The lowest BCUT2D eigenvalue weighted by atomic mass is 10.0. The highest BCUT2D eigenvalue weighted by Crippen LogP contribution is 2.36. The predicted molar refractivity (Wildman–Crippen MR) is 193 cm³/mol. The largest absolute Gasteiger partial charge is 0.469 e. The van der Waals surface area contributed by atoms with Crippen molar-refractivity contribution in [1.82, 2.24) is 0 Å². The molecule has 274 valence electrons. The normalized spacial score (nSPS) is 12.9. The molecule has 0 aromatic carbocycles. The topological polar surface area (TPSA) is 119 Å². The van der Waals surface area contributed by atoms with Gasteiger partial charge in [-0.15, -0.1) is 0 Å². The molecule has 0 saturated carbocycles. The van der Waals surface area contributed by atoms with Crippen molar-refractivity contribution in [2.24, 2.45) is 0 Å². The molecule has 2 N–H and O–H groups in total. The van der Waals surface area contributed by atoms with Gasteiger partial charge in [0.1, 0.15) is 6.61 Å². The maximum atomic E-state index is 12.3. The second-order valence-corrected chi connectivity index (χ2v) is 13.8. The van der Waals surface area contributed by atoms with Gasteiger partial charge in [-0.1, -0.05) is 147 Å². The number of hydrogen-bond donors (Lipinski definition) is 2. The van der Waals surface area contributed by atoms with E-state index in [0.717, 1.165) is 57.8 Å². The van der Waals surface area contributed by atoms with Gasteiger partial charge in [0.2, 0.25) is 0 Å². The molecular weight excluding hydrogens is 615 g/mol. The van der Waals surface area contributed by atoms with Crippen LogP contribution in [0.1, 0.15) is 174 Å². The average molecular weight is 685 g/mol. The van der Waals surface area contributed by atoms with Gasteiger partial charge in [0.15, 0.2) is 6.10 Å². The summed E-state index contributed by atoms with van der Waals surface area (Å²) in [5.74, 6) is -0.909. The Kier molecular flexibility index (Phi) is 32.9. The summed E-state index contributed by atoms with van der Waals surface area (Å²) in [7, 11) is -4.75. The zero-order valence-corrected chi connectivity index (χ0v) is 30.8. The minimum absolute atomic E-state index is 0.187. The quantitative estimate of drug-likeness (QED) is 0.0297. The highest BCUT2D eigenvalue weighted by atomic mass is 31.2. The number of unbranched alkanes of at least 4 members (excludes halogenated alkanes) is 18. The molecular formula is C38H69O8P. The fourth-order valence-electron chi connectivity index (χ4n) is 5.08. The van der Waals surface area contributed by atoms with E-state index in [9.17, 15) is 14.2 Å². The van der Waals surface area contributed by atoms with Crippen LogP contribution in [0.3, 0.4) is 0 Å². The third-order valence-corrected chi connectivity index (χ3v) is 8.40. The summed E-state index contributed by atoms with van der Waals surface area (Å²) in [6, 6.07) is 0. The van der Waals surface area contributed by atoms with Crippen molar-refractivity contribution in [3.63, 3.8) is 0 Å². The van der Waals surface area contributed by atoms with Gasteiger partial charge in [-0.3, -0.25) is 14.1 Å². The van der Waals surface area contributed by atoms with Crippen LogP contribution in [-0.2, 0) is 28.2 Å².